The molecule has 1 aromatic carbocycles. The minimum absolute atomic E-state index is 0.649. The number of imidazole rings is 1. The van der Waals surface area contributed by atoms with E-state index < -0.39 is 0 Å². The van der Waals surface area contributed by atoms with Gasteiger partial charge in [0, 0.05) is 6.20 Å². The molecule has 0 spiro atoms. The molecule has 78 valence electrons. The Morgan fingerprint density at radius 3 is 2.75 bits per heavy atom. The van der Waals surface area contributed by atoms with Crippen LogP contribution in [0.1, 0.15) is 0 Å². The summed E-state index contributed by atoms with van der Waals surface area (Å²) < 4.78 is 0. The van der Waals surface area contributed by atoms with Crippen molar-refractivity contribution in [3.63, 3.8) is 0 Å². The molecular formula is C12H8ClN3. The molecule has 0 bridgehead atoms. The van der Waals surface area contributed by atoms with Crippen molar-refractivity contribution < 1.29 is 0 Å². The molecule has 4 heteroatoms. The number of pyridine rings is 1. The number of hydrogen-bond donors (Lipinski definition) is 1. The molecule has 2 aromatic heterocycles. The number of para-hydroxylation sites is 1. The highest BCUT2D eigenvalue weighted by Crippen LogP contribution is 2.24. The Bertz CT molecular complexity index is 631. The van der Waals surface area contributed by atoms with Crippen LogP contribution in [0.3, 0.4) is 0 Å². The normalized spacial score (nSPS) is 10.8. The first-order valence-corrected chi connectivity index (χ1v) is 5.28. The van der Waals surface area contributed by atoms with Crippen molar-refractivity contribution in [3.8, 4) is 11.5 Å². The number of hydrogen-bond acceptors (Lipinski definition) is 2. The highest BCUT2D eigenvalue weighted by Gasteiger charge is 2.07. The number of benzene rings is 1. The minimum atomic E-state index is 0.649. The second-order valence-corrected chi connectivity index (χ2v) is 3.84. The standard InChI is InChI=1S/C12H8ClN3/c13-8-4-3-6-9-11(8)16-12(15-9)10-5-1-2-7-14-10/h1-7H,(H,15,16). The number of fused-ring (bicyclic) bond motifs is 1. The zero-order chi connectivity index (χ0) is 11.0. The third kappa shape index (κ3) is 1.46. The van der Waals surface area contributed by atoms with E-state index in [1.54, 1.807) is 6.20 Å². The molecule has 0 saturated heterocycles. The molecule has 3 rings (SSSR count). The SMILES string of the molecule is Clc1cccc2[nH]c(-c3ccccn3)nc12. The van der Waals surface area contributed by atoms with Gasteiger partial charge in [-0.05, 0) is 24.3 Å². The van der Waals surface area contributed by atoms with Gasteiger partial charge in [-0.25, -0.2) is 4.98 Å². The van der Waals surface area contributed by atoms with Gasteiger partial charge in [-0.2, -0.15) is 0 Å². The summed E-state index contributed by atoms with van der Waals surface area (Å²) >= 11 is 6.05. The zero-order valence-electron chi connectivity index (χ0n) is 8.31. The number of aromatic amines is 1. The van der Waals surface area contributed by atoms with Crippen LogP contribution in [0.15, 0.2) is 42.6 Å². The number of nitrogens with zero attached hydrogens (tertiary/aromatic N) is 2. The van der Waals surface area contributed by atoms with E-state index in [4.69, 9.17) is 11.6 Å². The fourth-order valence-electron chi connectivity index (χ4n) is 1.62. The third-order valence-electron chi connectivity index (χ3n) is 2.37. The van der Waals surface area contributed by atoms with E-state index >= 15 is 0 Å². The second-order valence-electron chi connectivity index (χ2n) is 3.44. The van der Waals surface area contributed by atoms with Crippen molar-refractivity contribution in [1.29, 1.82) is 0 Å². The Hall–Kier alpha value is -1.87. The maximum absolute atomic E-state index is 6.05. The molecule has 3 nitrogen and oxygen atoms in total. The van der Waals surface area contributed by atoms with Crippen LogP contribution in [0.5, 0.6) is 0 Å². The number of aromatic nitrogens is 3. The van der Waals surface area contributed by atoms with E-state index in [9.17, 15) is 0 Å². The summed E-state index contributed by atoms with van der Waals surface area (Å²) in [5.41, 5.74) is 2.52. The highest BCUT2D eigenvalue weighted by atomic mass is 35.5. The van der Waals surface area contributed by atoms with Crippen molar-refractivity contribution in [1.82, 2.24) is 15.0 Å². The zero-order valence-corrected chi connectivity index (χ0v) is 9.07. The number of H-pyrrole nitrogens is 1. The summed E-state index contributed by atoms with van der Waals surface area (Å²) in [7, 11) is 0. The molecule has 2 heterocycles. The van der Waals surface area contributed by atoms with E-state index in [-0.39, 0.29) is 0 Å². The van der Waals surface area contributed by atoms with Crippen LogP contribution in [-0.2, 0) is 0 Å². The fraction of sp³-hybridized carbons (Fsp3) is 0. The first kappa shape index (κ1) is 9.36. The van der Waals surface area contributed by atoms with Gasteiger partial charge in [0.25, 0.3) is 0 Å². The molecule has 0 aliphatic heterocycles. The molecule has 0 atom stereocenters. The maximum Gasteiger partial charge on any atom is 0.157 e. The molecule has 0 aliphatic rings. The quantitative estimate of drug-likeness (QED) is 0.696. The van der Waals surface area contributed by atoms with Crippen molar-refractivity contribution in [3.05, 3.63) is 47.6 Å². The van der Waals surface area contributed by atoms with Crippen LogP contribution in [0.4, 0.5) is 0 Å². The van der Waals surface area contributed by atoms with Crippen LogP contribution in [-0.4, -0.2) is 15.0 Å². The average molecular weight is 230 g/mol. The maximum atomic E-state index is 6.05. The lowest BCUT2D eigenvalue weighted by molar-refractivity contribution is 1.24. The summed E-state index contributed by atoms with van der Waals surface area (Å²) in [4.78, 5) is 11.9. The summed E-state index contributed by atoms with van der Waals surface area (Å²) in [6.45, 7) is 0. The van der Waals surface area contributed by atoms with Crippen molar-refractivity contribution >= 4 is 22.6 Å². The topological polar surface area (TPSA) is 41.6 Å². The van der Waals surface area contributed by atoms with Gasteiger partial charge in [-0.1, -0.05) is 23.7 Å². The molecule has 0 saturated carbocycles. The van der Waals surface area contributed by atoms with Crippen LogP contribution >= 0.6 is 11.6 Å². The smallest absolute Gasteiger partial charge is 0.157 e. The molecular weight excluding hydrogens is 222 g/mol. The molecule has 0 aliphatic carbocycles. The Kier molecular flexibility index (Phi) is 2.11. The summed E-state index contributed by atoms with van der Waals surface area (Å²) in [5, 5.41) is 0.649. The average Bonchev–Trinajstić information content (AvgIpc) is 2.76. The number of rotatable bonds is 1. The summed E-state index contributed by atoms with van der Waals surface area (Å²) in [6.07, 6.45) is 1.74. The molecule has 0 unspecified atom stereocenters. The lowest BCUT2D eigenvalue weighted by Crippen LogP contribution is -1.83. The van der Waals surface area contributed by atoms with Gasteiger partial charge in [0.15, 0.2) is 5.82 Å². The Labute approximate surface area is 97.1 Å². The molecule has 3 aromatic rings. The predicted molar refractivity (Wildman–Crippen MR) is 64.3 cm³/mol. The summed E-state index contributed by atoms with van der Waals surface area (Å²) in [6, 6.07) is 11.4. The Morgan fingerprint density at radius 2 is 2.00 bits per heavy atom. The van der Waals surface area contributed by atoms with Gasteiger partial charge < -0.3 is 4.98 Å². The molecule has 0 amide bonds. The Morgan fingerprint density at radius 1 is 1.06 bits per heavy atom. The van der Waals surface area contributed by atoms with E-state index in [1.165, 1.54) is 0 Å². The lowest BCUT2D eigenvalue weighted by Gasteiger charge is -1.92. The van der Waals surface area contributed by atoms with Gasteiger partial charge in [-0.15, -0.1) is 0 Å². The predicted octanol–water partition coefficient (Wildman–Crippen LogP) is 3.28. The molecule has 0 fully saturated rings. The van der Waals surface area contributed by atoms with Crippen molar-refractivity contribution in [2.24, 2.45) is 0 Å². The van der Waals surface area contributed by atoms with Crippen molar-refractivity contribution in [2.45, 2.75) is 0 Å². The van der Waals surface area contributed by atoms with Gasteiger partial charge in [0.05, 0.1) is 10.5 Å². The second kappa shape index (κ2) is 3.61. The van der Waals surface area contributed by atoms with Crippen molar-refractivity contribution in [2.75, 3.05) is 0 Å². The van der Waals surface area contributed by atoms with Crippen LogP contribution in [0, 0.1) is 0 Å². The summed E-state index contributed by atoms with van der Waals surface area (Å²) in [5.74, 6) is 0.740. The van der Waals surface area contributed by atoms with E-state index in [0.29, 0.717) is 5.02 Å². The first-order valence-electron chi connectivity index (χ1n) is 4.90. The monoisotopic (exact) mass is 229 g/mol. The van der Waals surface area contributed by atoms with Gasteiger partial charge in [0.2, 0.25) is 0 Å². The van der Waals surface area contributed by atoms with Gasteiger partial charge in [-0.3, -0.25) is 4.98 Å². The van der Waals surface area contributed by atoms with Gasteiger partial charge >= 0.3 is 0 Å². The van der Waals surface area contributed by atoms with E-state index in [0.717, 1.165) is 22.6 Å². The Balaban J connectivity index is 2.23. The fourth-order valence-corrected chi connectivity index (χ4v) is 1.84. The molecule has 1 N–H and O–H groups in total. The lowest BCUT2D eigenvalue weighted by atomic mass is 10.3. The third-order valence-corrected chi connectivity index (χ3v) is 2.68. The minimum Gasteiger partial charge on any atom is -0.337 e. The van der Waals surface area contributed by atoms with Crippen LogP contribution in [0.2, 0.25) is 5.02 Å². The number of nitrogens with one attached hydrogen (secondary N) is 1. The van der Waals surface area contributed by atoms with E-state index in [1.807, 2.05) is 36.4 Å². The largest absolute Gasteiger partial charge is 0.337 e. The molecule has 0 radical (unpaired) electrons. The highest BCUT2D eigenvalue weighted by molar-refractivity contribution is 6.34. The van der Waals surface area contributed by atoms with Crippen LogP contribution < -0.4 is 0 Å². The van der Waals surface area contributed by atoms with Gasteiger partial charge in [0.1, 0.15) is 11.2 Å². The first-order chi connectivity index (χ1) is 7.84. The van der Waals surface area contributed by atoms with Crippen LogP contribution in [0.25, 0.3) is 22.6 Å². The molecule has 16 heavy (non-hydrogen) atoms. The number of halogens is 1. The van der Waals surface area contributed by atoms with E-state index in [2.05, 4.69) is 15.0 Å².